The second-order valence-corrected chi connectivity index (χ2v) is 6.04. The van der Waals surface area contributed by atoms with Crippen LogP contribution in [0, 0.1) is 6.92 Å². The number of nitrogens with zero attached hydrogens (tertiary/aromatic N) is 1. The van der Waals surface area contributed by atoms with E-state index in [2.05, 4.69) is 39.8 Å². The standard InChI is InChI=1S/C19H23N3O/c1-15-6-8-18(9-7-15)21-19(23)20-11-13-22-12-10-16-4-2-3-5-17(16)14-22/h2-9H,10-14H2,1H3,(H2,20,21,23). The summed E-state index contributed by atoms with van der Waals surface area (Å²) in [6.45, 7) is 5.58. The molecule has 0 spiro atoms. The number of hydrogen-bond acceptors (Lipinski definition) is 2. The number of hydrogen-bond donors (Lipinski definition) is 2. The number of nitrogens with one attached hydrogen (secondary N) is 2. The van der Waals surface area contributed by atoms with Gasteiger partial charge in [-0.05, 0) is 36.6 Å². The lowest BCUT2D eigenvalue weighted by Crippen LogP contribution is -2.39. The Balaban J connectivity index is 1.41. The Hall–Kier alpha value is -2.33. The summed E-state index contributed by atoms with van der Waals surface area (Å²) in [6, 6.07) is 16.3. The maximum atomic E-state index is 11.9. The lowest BCUT2D eigenvalue weighted by molar-refractivity contribution is 0.239. The second kappa shape index (κ2) is 7.29. The van der Waals surface area contributed by atoms with Crippen molar-refractivity contribution >= 4 is 11.7 Å². The molecule has 2 aromatic carbocycles. The summed E-state index contributed by atoms with van der Waals surface area (Å²) in [4.78, 5) is 14.3. The summed E-state index contributed by atoms with van der Waals surface area (Å²) in [6.07, 6.45) is 1.09. The molecule has 0 bridgehead atoms. The Morgan fingerprint density at radius 2 is 1.83 bits per heavy atom. The predicted octanol–water partition coefficient (Wildman–Crippen LogP) is 3.17. The molecular weight excluding hydrogens is 286 g/mol. The first kappa shape index (κ1) is 15.6. The van der Waals surface area contributed by atoms with Crippen LogP contribution in [0.2, 0.25) is 0 Å². The number of urea groups is 1. The Morgan fingerprint density at radius 3 is 2.61 bits per heavy atom. The van der Waals surface area contributed by atoms with E-state index < -0.39 is 0 Å². The fraction of sp³-hybridized carbons (Fsp3) is 0.316. The molecular formula is C19H23N3O. The number of anilines is 1. The SMILES string of the molecule is Cc1ccc(NC(=O)NCCN2CCc3ccccc3C2)cc1. The molecule has 0 atom stereocenters. The first-order valence-electron chi connectivity index (χ1n) is 8.11. The third-order valence-electron chi connectivity index (χ3n) is 4.23. The molecule has 23 heavy (non-hydrogen) atoms. The molecule has 2 amide bonds. The van der Waals surface area contributed by atoms with Gasteiger partial charge in [0.15, 0.2) is 0 Å². The third kappa shape index (κ3) is 4.33. The fourth-order valence-corrected chi connectivity index (χ4v) is 2.88. The monoisotopic (exact) mass is 309 g/mol. The molecule has 0 unspecified atom stereocenters. The van der Waals surface area contributed by atoms with Crippen LogP contribution >= 0.6 is 0 Å². The molecule has 1 aliphatic heterocycles. The van der Waals surface area contributed by atoms with Crippen LogP contribution < -0.4 is 10.6 Å². The maximum absolute atomic E-state index is 11.9. The van der Waals surface area contributed by atoms with E-state index in [0.717, 1.165) is 31.7 Å². The molecule has 3 rings (SSSR count). The molecule has 1 aliphatic rings. The highest BCUT2D eigenvalue weighted by atomic mass is 16.2. The quantitative estimate of drug-likeness (QED) is 0.911. The van der Waals surface area contributed by atoms with Crippen LogP contribution in [0.25, 0.3) is 0 Å². The van der Waals surface area contributed by atoms with Crippen molar-refractivity contribution in [1.82, 2.24) is 10.2 Å². The fourth-order valence-electron chi connectivity index (χ4n) is 2.88. The average molecular weight is 309 g/mol. The van der Waals surface area contributed by atoms with Crippen molar-refractivity contribution in [2.24, 2.45) is 0 Å². The van der Waals surface area contributed by atoms with Crippen molar-refractivity contribution in [1.29, 1.82) is 0 Å². The number of rotatable bonds is 4. The van der Waals surface area contributed by atoms with Gasteiger partial charge in [-0.2, -0.15) is 0 Å². The number of fused-ring (bicyclic) bond motifs is 1. The van der Waals surface area contributed by atoms with Crippen molar-refractivity contribution in [2.75, 3.05) is 25.0 Å². The van der Waals surface area contributed by atoms with Gasteiger partial charge in [0.2, 0.25) is 0 Å². The number of carbonyl (C=O) groups excluding carboxylic acids is 1. The number of carbonyl (C=O) groups is 1. The highest BCUT2D eigenvalue weighted by molar-refractivity contribution is 5.89. The number of aryl methyl sites for hydroxylation is 1. The van der Waals surface area contributed by atoms with Crippen LogP contribution in [0.3, 0.4) is 0 Å². The van der Waals surface area contributed by atoms with E-state index in [9.17, 15) is 4.79 Å². The minimum absolute atomic E-state index is 0.147. The van der Waals surface area contributed by atoms with Gasteiger partial charge in [0.05, 0.1) is 0 Å². The van der Waals surface area contributed by atoms with Gasteiger partial charge in [-0.1, -0.05) is 42.0 Å². The van der Waals surface area contributed by atoms with Crippen molar-refractivity contribution in [3.63, 3.8) is 0 Å². The highest BCUT2D eigenvalue weighted by Crippen LogP contribution is 2.17. The Kier molecular flexibility index (Phi) is 4.93. The predicted molar refractivity (Wildman–Crippen MR) is 93.6 cm³/mol. The minimum atomic E-state index is -0.147. The first-order valence-corrected chi connectivity index (χ1v) is 8.11. The molecule has 4 nitrogen and oxygen atoms in total. The highest BCUT2D eigenvalue weighted by Gasteiger charge is 2.15. The molecule has 120 valence electrons. The lowest BCUT2D eigenvalue weighted by atomic mass is 10.00. The van der Waals surface area contributed by atoms with Gasteiger partial charge >= 0.3 is 6.03 Å². The van der Waals surface area contributed by atoms with Gasteiger partial charge in [0.1, 0.15) is 0 Å². The minimum Gasteiger partial charge on any atom is -0.337 e. The van der Waals surface area contributed by atoms with Gasteiger partial charge in [0, 0.05) is 31.9 Å². The average Bonchev–Trinajstić information content (AvgIpc) is 2.57. The second-order valence-electron chi connectivity index (χ2n) is 6.04. The number of amides is 2. The van der Waals surface area contributed by atoms with E-state index in [4.69, 9.17) is 0 Å². The molecule has 0 saturated heterocycles. The van der Waals surface area contributed by atoms with Crippen LogP contribution in [-0.4, -0.2) is 30.6 Å². The molecule has 4 heteroatoms. The van der Waals surface area contributed by atoms with E-state index in [1.807, 2.05) is 31.2 Å². The zero-order valence-corrected chi connectivity index (χ0v) is 13.5. The largest absolute Gasteiger partial charge is 0.337 e. The Morgan fingerprint density at radius 1 is 1.09 bits per heavy atom. The van der Waals surface area contributed by atoms with Crippen molar-refractivity contribution in [2.45, 2.75) is 19.9 Å². The van der Waals surface area contributed by atoms with E-state index in [0.29, 0.717) is 6.54 Å². The normalized spacial score (nSPS) is 14.1. The Labute approximate surface area is 137 Å². The van der Waals surface area contributed by atoms with Crippen molar-refractivity contribution in [3.8, 4) is 0 Å². The molecule has 0 radical (unpaired) electrons. The number of benzene rings is 2. The van der Waals surface area contributed by atoms with Gasteiger partial charge in [0.25, 0.3) is 0 Å². The zero-order valence-electron chi connectivity index (χ0n) is 13.5. The topological polar surface area (TPSA) is 44.4 Å². The molecule has 0 fully saturated rings. The van der Waals surface area contributed by atoms with Crippen molar-refractivity contribution < 1.29 is 4.79 Å². The van der Waals surface area contributed by atoms with Gasteiger partial charge < -0.3 is 10.6 Å². The van der Waals surface area contributed by atoms with Gasteiger partial charge in [-0.3, -0.25) is 4.90 Å². The van der Waals surface area contributed by atoms with Crippen LogP contribution in [0.15, 0.2) is 48.5 Å². The van der Waals surface area contributed by atoms with E-state index in [-0.39, 0.29) is 6.03 Å². The van der Waals surface area contributed by atoms with E-state index >= 15 is 0 Å². The van der Waals surface area contributed by atoms with Crippen LogP contribution in [0.1, 0.15) is 16.7 Å². The summed E-state index contributed by atoms with van der Waals surface area (Å²) in [5, 5.41) is 5.78. The molecule has 2 aromatic rings. The summed E-state index contributed by atoms with van der Waals surface area (Å²) in [5.41, 5.74) is 4.86. The summed E-state index contributed by atoms with van der Waals surface area (Å²) < 4.78 is 0. The molecule has 0 saturated carbocycles. The summed E-state index contributed by atoms with van der Waals surface area (Å²) in [7, 11) is 0. The van der Waals surface area contributed by atoms with E-state index in [1.54, 1.807) is 0 Å². The van der Waals surface area contributed by atoms with Crippen LogP contribution in [0.4, 0.5) is 10.5 Å². The maximum Gasteiger partial charge on any atom is 0.319 e. The third-order valence-corrected chi connectivity index (χ3v) is 4.23. The van der Waals surface area contributed by atoms with Crippen LogP contribution in [-0.2, 0) is 13.0 Å². The first-order chi connectivity index (χ1) is 11.2. The van der Waals surface area contributed by atoms with Gasteiger partial charge in [-0.15, -0.1) is 0 Å². The van der Waals surface area contributed by atoms with Crippen LogP contribution in [0.5, 0.6) is 0 Å². The van der Waals surface area contributed by atoms with Crippen molar-refractivity contribution in [3.05, 3.63) is 65.2 Å². The Bertz CT molecular complexity index is 667. The summed E-state index contributed by atoms with van der Waals surface area (Å²) >= 11 is 0. The molecule has 0 aromatic heterocycles. The van der Waals surface area contributed by atoms with Gasteiger partial charge in [-0.25, -0.2) is 4.79 Å². The lowest BCUT2D eigenvalue weighted by Gasteiger charge is -2.28. The zero-order chi connectivity index (χ0) is 16.1. The van der Waals surface area contributed by atoms with E-state index in [1.165, 1.54) is 16.7 Å². The smallest absolute Gasteiger partial charge is 0.319 e. The molecule has 1 heterocycles. The summed E-state index contributed by atoms with van der Waals surface area (Å²) in [5.74, 6) is 0. The molecule has 0 aliphatic carbocycles. The molecule has 2 N–H and O–H groups in total.